The summed E-state index contributed by atoms with van der Waals surface area (Å²) in [7, 11) is 0. The quantitative estimate of drug-likeness (QED) is 0.684. The van der Waals surface area contributed by atoms with E-state index in [1.807, 2.05) is 6.92 Å². The minimum absolute atomic E-state index is 0.326. The van der Waals surface area contributed by atoms with E-state index < -0.39 is 0 Å². The van der Waals surface area contributed by atoms with E-state index in [9.17, 15) is 4.79 Å². The molecule has 1 aromatic rings. The summed E-state index contributed by atoms with van der Waals surface area (Å²) in [5, 5.41) is 0.558. The third kappa shape index (κ3) is 2.74. The van der Waals surface area contributed by atoms with Gasteiger partial charge in [-0.1, -0.05) is 11.6 Å². The fraction of sp³-hybridized carbons (Fsp3) is 0.300. The van der Waals surface area contributed by atoms with Gasteiger partial charge in [-0.25, -0.2) is 4.79 Å². The van der Waals surface area contributed by atoms with Crippen molar-refractivity contribution in [1.29, 1.82) is 0 Å². The van der Waals surface area contributed by atoms with E-state index in [0.717, 1.165) is 5.56 Å². The van der Waals surface area contributed by atoms with Crippen LogP contribution >= 0.6 is 11.6 Å². The Kier molecular flexibility index (Phi) is 3.32. The summed E-state index contributed by atoms with van der Waals surface area (Å²) in [5.41, 5.74) is 1.46. The molecule has 0 aromatic heterocycles. The minimum Gasteiger partial charge on any atom is -0.462 e. The zero-order valence-corrected chi connectivity index (χ0v) is 8.39. The number of ether oxygens (including phenoxy) is 1. The summed E-state index contributed by atoms with van der Waals surface area (Å²) in [4.78, 5) is 11.3. The molecule has 0 amide bonds. The Morgan fingerprint density at radius 2 is 2.15 bits per heavy atom. The molecule has 0 aliphatic carbocycles. The third-order valence-corrected chi connectivity index (χ3v) is 1.77. The highest BCUT2D eigenvalue weighted by molar-refractivity contribution is 6.31. The first kappa shape index (κ1) is 10.1. The maximum Gasteiger partial charge on any atom is 0.338 e. The number of esters is 1. The number of benzene rings is 1. The summed E-state index contributed by atoms with van der Waals surface area (Å²) >= 11 is 5.79. The second-order valence-corrected chi connectivity index (χ2v) is 3.17. The van der Waals surface area contributed by atoms with Crippen molar-refractivity contribution < 1.29 is 9.53 Å². The lowest BCUT2D eigenvalue weighted by molar-refractivity contribution is 0.0526. The highest BCUT2D eigenvalue weighted by Gasteiger charge is 2.06. The molecule has 3 heteroatoms. The van der Waals surface area contributed by atoms with E-state index >= 15 is 0 Å². The fourth-order valence-electron chi connectivity index (χ4n) is 1.07. The molecule has 0 atom stereocenters. The molecule has 0 saturated carbocycles. The Morgan fingerprint density at radius 3 is 2.69 bits per heavy atom. The zero-order chi connectivity index (χ0) is 9.84. The molecule has 0 radical (unpaired) electrons. The van der Waals surface area contributed by atoms with Gasteiger partial charge in [0.25, 0.3) is 0 Å². The molecule has 0 fully saturated rings. The molecule has 0 heterocycles. The van der Waals surface area contributed by atoms with E-state index in [4.69, 9.17) is 16.3 Å². The van der Waals surface area contributed by atoms with Crippen LogP contribution in [0.15, 0.2) is 18.2 Å². The smallest absolute Gasteiger partial charge is 0.338 e. The number of halogens is 1. The molecule has 1 aromatic carbocycles. The SMILES string of the molecule is CCOC(=O)c1cc(C)cc(Cl)c1. The predicted octanol–water partition coefficient (Wildman–Crippen LogP) is 2.83. The third-order valence-electron chi connectivity index (χ3n) is 1.55. The Hall–Kier alpha value is -1.02. The summed E-state index contributed by atoms with van der Waals surface area (Å²) in [6.07, 6.45) is 0. The van der Waals surface area contributed by atoms with E-state index in [1.165, 1.54) is 0 Å². The van der Waals surface area contributed by atoms with Gasteiger partial charge in [0.05, 0.1) is 12.2 Å². The van der Waals surface area contributed by atoms with Crippen LogP contribution in [0.2, 0.25) is 5.02 Å². The van der Waals surface area contributed by atoms with Gasteiger partial charge in [-0.3, -0.25) is 0 Å². The van der Waals surface area contributed by atoms with Crippen LogP contribution in [0.3, 0.4) is 0 Å². The van der Waals surface area contributed by atoms with Crippen LogP contribution in [0.1, 0.15) is 22.8 Å². The van der Waals surface area contributed by atoms with Crippen LogP contribution in [0.4, 0.5) is 0 Å². The number of carbonyl (C=O) groups excluding carboxylic acids is 1. The largest absolute Gasteiger partial charge is 0.462 e. The summed E-state index contributed by atoms with van der Waals surface area (Å²) < 4.78 is 4.84. The number of aryl methyl sites for hydroxylation is 1. The van der Waals surface area contributed by atoms with Crippen molar-refractivity contribution in [3.05, 3.63) is 34.3 Å². The highest BCUT2D eigenvalue weighted by Crippen LogP contribution is 2.15. The topological polar surface area (TPSA) is 26.3 Å². The zero-order valence-electron chi connectivity index (χ0n) is 7.63. The van der Waals surface area contributed by atoms with Crippen LogP contribution in [0.5, 0.6) is 0 Å². The average molecular weight is 199 g/mol. The van der Waals surface area contributed by atoms with Crippen LogP contribution in [0.25, 0.3) is 0 Å². The van der Waals surface area contributed by atoms with Gasteiger partial charge in [0.2, 0.25) is 0 Å². The van der Waals surface area contributed by atoms with Gasteiger partial charge >= 0.3 is 5.97 Å². The maximum atomic E-state index is 11.3. The average Bonchev–Trinajstić information content (AvgIpc) is 2.03. The molecular weight excluding hydrogens is 188 g/mol. The molecule has 0 bridgehead atoms. The van der Waals surface area contributed by atoms with Gasteiger partial charge in [-0.05, 0) is 37.6 Å². The Balaban J connectivity index is 2.94. The van der Waals surface area contributed by atoms with Crippen LogP contribution in [0, 0.1) is 6.92 Å². The van der Waals surface area contributed by atoms with Gasteiger partial charge in [0.15, 0.2) is 0 Å². The summed E-state index contributed by atoms with van der Waals surface area (Å²) in [5.74, 6) is -0.326. The molecule has 1 rings (SSSR count). The molecule has 70 valence electrons. The molecule has 2 nitrogen and oxygen atoms in total. The van der Waals surface area contributed by atoms with E-state index in [0.29, 0.717) is 17.2 Å². The first-order valence-electron chi connectivity index (χ1n) is 4.08. The van der Waals surface area contributed by atoms with E-state index in [2.05, 4.69) is 0 Å². The lowest BCUT2D eigenvalue weighted by Crippen LogP contribution is -2.04. The standard InChI is InChI=1S/C10H11ClO2/c1-3-13-10(12)8-4-7(2)5-9(11)6-8/h4-6H,3H2,1-2H3. The van der Waals surface area contributed by atoms with Crippen molar-refractivity contribution in [2.75, 3.05) is 6.61 Å². The van der Waals surface area contributed by atoms with E-state index in [-0.39, 0.29) is 5.97 Å². The monoisotopic (exact) mass is 198 g/mol. The number of hydrogen-bond donors (Lipinski definition) is 0. The van der Waals surface area contributed by atoms with Gasteiger partial charge in [0, 0.05) is 5.02 Å². The molecule has 0 N–H and O–H groups in total. The maximum absolute atomic E-state index is 11.3. The minimum atomic E-state index is -0.326. The predicted molar refractivity (Wildman–Crippen MR) is 52.1 cm³/mol. The summed E-state index contributed by atoms with van der Waals surface area (Å²) in [6.45, 7) is 4.04. The number of carbonyl (C=O) groups is 1. The van der Waals surface area contributed by atoms with Gasteiger partial charge in [-0.2, -0.15) is 0 Å². The molecule has 0 saturated heterocycles. The van der Waals surface area contributed by atoms with Crippen LogP contribution in [-0.4, -0.2) is 12.6 Å². The lowest BCUT2D eigenvalue weighted by atomic mass is 10.1. The number of rotatable bonds is 2. The normalized spacial score (nSPS) is 9.77. The van der Waals surface area contributed by atoms with E-state index in [1.54, 1.807) is 25.1 Å². The van der Waals surface area contributed by atoms with Gasteiger partial charge in [0.1, 0.15) is 0 Å². The van der Waals surface area contributed by atoms with Gasteiger partial charge < -0.3 is 4.74 Å². The van der Waals surface area contributed by atoms with Crippen molar-refractivity contribution in [2.24, 2.45) is 0 Å². The fourth-order valence-corrected chi connectivity index (χ4v) is 1.36. The lowest BCUT2D eigenvalue weighted by Gasteiger charge is -2.03. The molecular formula is C10H11ClO2. The van der Waals surface area contributed by atoms with Crippen LogP contribution in [-0.2, 0) is 4.74 Å². The van der Waals surface area contributed by atoms with Crippen LogP contribution < -0.4 is 0 Å². The first-order chi connectivity index (χ1) is 6.13. The van der Waals surface area contributed by atoms with Gasteiger partial charge in [-0.15, -0.1) is 0 Å². The molecule has 0 unspecified atom stereocenters. The molecule has 0 aliphatic rings. The second-order valence-electron chi connectivity index (χ2n) is 2.74. The Morgan fingerprint density at radius 1 is 1.46 bits per heavy atom. The Labute approximate surface area is 82.5 Å². The second kappa shape index (κ2) is 4.28. The highest BCUT2D eigenvalue weighted by atomic mass is 35.5. The summed E-state index contributed by atoms with van der Waals surface area (Å²) in [6, 6.07) is 5.15. The van der Waals surface area contributed by atoms with Crippen molar-refractivity contribution in [1.82, 2.24) is 0 Å². The molecule has 13 heavy (non-hydrogen) atoms. The molecule has 0 aliphatic heterocycles. The van der Waals surface area contributed by atoms with Crippen molar-refractivity contribution in [2.45, 2.75) is 13.8 Å². The Bertz CT molecular complexity index is 300. The first-order valence-corrected chi connectivity index (χ1v) is 4.45. The van der Waals surface area contributed by atoms with Crippen molar-refractivity contribution >= 4 is 17.6 Å². The number of hydrogen-bond acceptors (Lipinski definition) is 2. The van der Waals surface area contributed by atoms with Crippen molar-refractivity contribution in [3.63, 3.8) is 0 Å². The molecule has 0 spiro atoms. The van der Waals surface area contributed by atoms with Crippen molar-refractivity contribution in [3.8, 4) is 0 Å².